The van der Waals surface area contributed by atoms with Crippen molar-refractivity contribution in [2.75, 3.05) is 18.6 Å². The molecule has 0 aliphatic carbocycles. The molecule has 0 aliphatic heterocycles. The van der Waals surface area contributed by atoms with Crippen LogP contribution in [-0.4, -0.2) is 24.6 Å². The molecular weight excluding hydrogens is 214 g/mol. The lowest BCUT2D eigenvalue weighted by molar-refractivity contribution is 0.580. The number of thioether (sulfide) groups is 1. The van der Waals surface area contributed by atoms with Gasteiger partial charge < -0.3 is 5.32 Å². The number of hydrogen-bond donors (Lipinski definition) is 1. The van der Waals surface area contributed by atoms with E-state index in [1.807, 2.05) is 42.1 Å². The molecule has 0 fully saturated rings. The molecule has 1 atom stereocenters. The molecule has 0 radical (unpaired) electrons. The zero-order valence-corrected chi connectivity index (χ0v) is 10.8. The zero-order chi connectivity index (χ0) is 11.6. The van der Waals surface area contributed by atoms with Gasteiger partial charge in [0.25, 0.3) is 0 Å². The van der Waals surface area contributed by atoms with Crippen molar-refractivity contribution >= 4 is 11.8 Å². The summed E-state index contributed by atoms with van der Waals surface area (Å²) < 4.78 is 0. The van der Waals surface area contributed by atoms with Crippen LogP contribution < -0.4 is 5.32 Å². The van der Waals surface area contributed by atoms with E-state index in [4.69, 9.17) is 0 Å². The van der Waals surface area contributed by atoms with E-state index >= 15 is 0 Å². The normalized spacial score (nSPS) is 11.6. The second kappa shape index (κ2) is 8.27. The molecule has 0 aromatic heterocycles. The predicted molar refractivity (Wildman–Crippen MR) is 73.8 cm³/mol. The Labute approximate surface area is 103 Å². The maximum Gasteiger partial charge on any atom is 0.0582 e. The van der Waals surface area contributed by atoms with Gasteiger partial charge in [-0.2, -0.15) is 11.8 Å². The minimum absolute atomic E-state index is 0.583. The number of benzene rings is 1. The standard InChI is InChI=1S/C14H19NS/c1-3-14(12-16-2)15-11-7-10-13-8-5-4-6-9-13/h4-6,8-9,14-15H,3,11-12H2,1-2H3. The summed E-state index contributed by atoms with van der Waals surface area (Å²) in [7, 11) is 0. The number of rotatable bonds is 5. The summed E-state index contributed by atoms with van der Waals surface area (Å²) in [5.74, 6) is 7.46. The molecule has 1 nitrogen and oxygen atoms in total. The lowest BCUT2D eigenvalue weighted by atomic mass is 10.2. The summed E-state index contributed by atoms with van der Waals surface area (Å²) >= 11 is 1.88. The van der Waals surface area contributed by atoms with Gasteiger partial charge in [-0.3, -0.25) is 0 Å². The molecule has 0 bridgehead atoms. The van der Waals surface area contributed by atoms with Gasteiger partial charge >= 0.3 is 0 Å². The van der Waals surface area contributed by atoms with Gasteiger partial charge in [0.1, 0.15) is 0 Å². The molecule has 16 heavy (non-hydrogen) atoms. The maximum absolute atomic E-state index is 3.45. The van der Waals surface area contributed by atoms with E-state index in [9.17, 15) is 0 Å². The van der Waals surface area contributed by atoms with E-state index in [1.54, 1.807) is 0 Å². The van der Waals surface area contributed by atoms with Crippen molar-refractivity contribution in [1.82, 2.24) is 5.32 Å². The van der Waals surface area contributed by atoms with Gasteiger partial charge in [-0.05, 0) is 24.8 Å². The Morgan fingerprint density at radius 2 is 2.06 bits per heavy atom. The fourth-order valence-corrected chi connectivity index (χ4v) is 2.14. The maximum atomic E-state index is 3.45. The molecule has 1 aromatic rings. The van der Waals surface area contributed by atoms with Crippen LogP contribution in [0.4, 0.5) is 0 Å². The lowest BCUT2D eigenvalue weighted by Crippen LogP contribution is -2.30. The summed E-state index contributed by atoms with van der Waals surface area (Å²) in [6.45, 7) is 2.98. The summed E-state index contributed by atoms with van der Waals surface area (Å²) in [6, 6.07) is 10.7. The zero-order valence-electron chi connectivity index (χ0n) is 9.99. The van der Waals surface area contributed by atoms with Gasteiger partial charge in [0.15, 0.2) is 0 Å². The molecule has 2 heteroatoms. The van der Waals surface area contributed by atoms with Gasteiger partial charge in [-0.15, -0.1) is 0 Å². The van der Waals surface area contributed by atoms with Crippen LogP contribution in [0.15, 0.2) is 30.3 Å². The topological polar surface area (TPSA) is 12.0 Å². The third-order valence-electron chi connectivity index (χ3n) is 2.35. The SMILES string of the molecule is CCC(CSC)NCC#Cc1ccccc1. The Morgan fingerprint density at radius 1 is 1.31 bits per heavy atom. The van der Waals surface area contributed by atoms with Crippen molar-refractivity contribution in [3.8, 4) is 11.8 Å². The van der Waals surface area contributed by atoms with Crippen molar-refractivity contribution < 1.29 is 0 Å². The average molecular weight is 233 g/mol. The molecule has 1 aromatic carbocycles. The second-order valence-electron chi connectivity index (χ2n) is 3.61. The minimum atomic E-state index is 0.583. The molecule has 1 rings (SSSR count). The Hall–Kier alpha value is -0.910. The van der Waals surface area contributed by atoms with E-state index in [0.29, 0.717) is 6.04 Å². The van der Waals surface area contributed by atoms with Gasteiger partial charge in [-0.25, -0.2) is 0 Å². The smallest absolute Gasteiger partial charge is 0.0582 e. The van der Waals surface area contributed by atoms with E-state index in [1.165, 1.54) is 0 Å². The fraction of sp³-hybridized carbons (Fsp3) is 0.429. The van der Waals surface area contributed by atoms with E-state index in [0.717, 1.165) is 24.3 Å². The summed E-state index contributed by atoms with van der Waals surface area (Å²) in [5, 5.41) is 3.45. The largest absolute Gasteiger partial charge is 0.303 e. The monoisotopic (exact) mass is 233 g/mol. The van der Waals surface area contributed by atoms with Crippen LogP contribution in [0.25, 0.3) is 0 Å². The van der Waals surface area contributed by atoms with Crippen molar-refractivity contribution in [1.29, 1.82) is 0 Å². The van der Waals surface area contributed by atoms with Gasteiger partial charge in [0.2, 0.25) is 0 Å². The average Bonchev–Trinajstić information content (AvgIpc) is 2.34. The van der Waals surface area contributed by atoms with Crippen LogP contribution in [0.1, 0.15) is 18.9 Å². The molecule has 0 amide bonds. The van der Waals surface area contributed by atoms with E-state index in [-0.39, 0.29) is 0 Å². The Morgan fingerprint density at radius 3 is 2.69 bits per heavy atom. The van der Waals surface area contributed by atoms with Gasteiger partial charge in [0.05, 0.1) is 6.54 Å². The van der Waals surface area contributed by atoms with Crippen molar-refractivity contribution in [2.24, 2.45) is 0 Å². The van der Waals surface area contributed by atoms with E-state index < -0.39 is 0 Å². The molecule has 1 N–H and O–H groups in total. The van der Waals surface area contributed by atoms with Crippen molar-refractivity contribution in [3.63, 3.8) is 0 Å². The summed E-state index contributed by atoms with van der Waals surface area (Å²) in [4.78, 5) is 0. The quantitative estimate of drug-likeness (QED) is 0.785. The highest BCUT2D eigenvalue weighted by molar-refractivity contribution is 7.98. The molecule has 0 saturated heterocycles. The fourth-order valence-electron chi connectivity index (χ4n) is 1.39. The lowest BCUT2D eigenvalue weighted by Gasteiger charge is -2.12. The van der Waals surface area contributed by atoms with Crippen LogP contribution in [0, 0.1) is 11.8 Å². The molecule has 1 unspecified atom stereocenters. The Bertz CT molecular complexity index is 337. The molecular formula is C14H19NS. The molecule has 0 aliphatic rings. The van der Waals surface area contributed by atoms with Crippen LogP contribution >= 0.6 is 11.8 Å². The van der Waals surface area contributed by atoms with Crippen molar-refractivity contribution in [3.05, 3.63) is 35.9 Å². The first-order valence-corrected chi connectivity index (χ1v) is 7.02. The highest BCUT2D eigenvalue weighted by atomic mass is 32.2. The second-order valence-corrected chi connectivity index (χ2v) is 4.52. The molecule has 0 spiro atoms. The first-order chi connectivity index (χ1) is 7.86. The first-order valence-electron chi connectivity index (χ1n) is 5.63. The van der Waals surface area contributed by atoms with Crippen LogP contribution in [0.3, 0.4) is 0 Å². The highest BCUT2D eigenvalue weighted by Gasteiger charge is 2.01. The van der Waals surface area contributed by atoms with Crippen LogP contribution in [0.5, 0.6) is 0 Å². The Balaban J connectivity index is 2.32. The number of hydrogen-bond acceptors (Lipinski definition) is 2. The highest BCUT2D eigenvalue weighted by Crippen LogP contribution is 2.00. The molecule has 86 valence electrons. The van der Waals surface area contributed by atoms with Crippen LogP contribution in [-0.2, 0) is 0 Å². The molecule has 0 saturated carbocycles. The predicted octanol–water partition coefficient (Wildman–Crippen LogP) is 2.77. The summed E-state index contributed by atoms with van der Waals surface area (Å²) in [5.41, 5.74) is 1.09. The van der Waals surface area contributed by atoms with Gasteiger partial charge in [-0.1, -0.05) is 37.0 Å². The van der Waals surface area contributed by atoms with E-state index in [2.05, 4.69) is 30.3 Å². The van der Waals surface area contributed by atoms with Crippen LogP contribution in [0.2, 0.25) is 0 Å². The third-order valence-corrected chi connectivity index (χ3v) is 3.08. The Kier molecular flexibility index (Phi) is 6.80. The summed E-state index contributed by atoms with van der Waals surface area (Å²) in [6.07, 6.45) is 3.30. The molecule has 0 heterocycles. The third kappa shape index (κ3) is 5.25. The number of nitrogens with one attached hydrogen (secondary N) is 1. The minimum Gasteiger partial charge on any atom is -0.303 e. The first kappa shape index (κ1) is 13.2. The van der Waals surface area contributed by atoms with Gasteiger partial charge in [0, 0.05) is 17.4 Å². The van der Waals surface area contributed by atoms with Crippen molar-refractivity contribution in [2.45, 2.75) is 19.4 Å².